The molecule has 0 aliphatic rings. The number of hydrogen-bond acceptors (Lipinski definition) is 5. The quantitative estimate of drug-likeness (QED) is 0.0739. The fraction of sp³-hybridized carbons (Fsp3) is 0.479. The van der Waals surface area contributed by atoms with E-state index < -0.39 is 0 Å². The Bertz CT molecular complexity index is 1800. The molecule has 0 saturated carbocycles. The molecule has 2 atom stereocenters. The topological polar surface area (TPSA) is 81.0 Å². The molecular weight excluding hydrogens is 681 g/mol. The molecule has 4 aromatic rings. The smallest absolute Gasteiger partial charge is 0.255 e. The van der Waals surface area contributed by atoms with Crippen molar-refractivity contribution < 1.29 is 15.0 Å². The second-order valence-electron chi connectivity index (χ2n) is 14.9. The lowest BCUT2D eigenvalue weighted by Crippen LogP contribution is -2.28. The van der Waals surface area contributed by atoms with Crippen LogP contribution in [0.4, 0.5) is 11.4 Å². The van der Waals surface area contributed by atoms with Crippen LogP contribution in [0.3, 0.4) is 0 Å². The maximum Gasteiger partial charge on any atom is 0.255 e. The molecule has 1 aromatic heterocycles. The number of aromatic nitrogens is 1. The largest absolute Gasteiger partial charge is 0.506 e. The number of hydrogen-bond donors (Lipinski definition) is 3. The van der Waals surface area contributed by atoms with Crippen LogP contribution in [0.5, 0.6) is 11.5 Å². The molecule has 2 unspecified atom stereocenters. The Balaban J connectivity index is 0.00000399. The van der Waals surface area contributed by atoms with E-state index in [-0.39, 0.29) is 23.1 Å². The third kappa shape index (κ3) is 12.8. The number of rotatable bonds is 21. The third-order valence-corrected chi connectivity index (χ3v) is 10.9. The third-order valence-electron chi connectivity index (χ3n) is 10.9. The number of nitrogens with zero attached hydrogens (tertiary/aromatic N) is 3. The number of phenols is 2. The van der Waals surface area contributed by atoms with E-state index in [9.17, 15) is 15.0 Å². The first-order valence-electron chi connectivity index (χ1n) is 20.9. The van der Waals surface area contributed by atoms with Crippen molar-refractivity contribution in [3.05, 3.63) is 108 Å². The monoisotopic (exact) mass is 751 g/mol. The Labute approximate surface area is 332 Å². The van der Waals surface area contributed by atoms with Gasteiger partial charge >= 0.3 is 0 Å². The molecule has 4 rings (SSSR count). The van der Waals surface area contributed by atoms with Crippen molar-refractivity contribution in [3.63, 3.8) is 0 Å². The fourth-order valence-corrected chi connectivity index (χ4v) is 6.89. The van der Waals surface area contributed by atoms with Gasteiger partial charge in [0.25, 0.3) is 5.91 Å². The van der Waals surface area contributed by atoms with E-state index in [0.29, 0.717) is 17.2 Å². The maximum atomic E-state index is 13.1. The summed E-state index contributed by atoms with van der Waals surface area (Å²) in [5, 5.41) is 25.6. The Kier molecular flexibility index (Phi) is 18.6. The molecular formula is C48H70N4O3. The summed E-state index contributed by atoms with van der Waals surface area (Å²) in [4.78, 5) is 17.4. The summed E-state index contributed by atoms with van der Waals surface area (Å²) < 4.78 is 2.50. The first kappa shape index (κ1) is 44.9. The second-order valence-corrected chi connectivity index (χ2v) is 14.9. The molecule has 1 heterocycles. The minimum Gasteiger partial charge on any atom is -0.506 e. The summed E-state index contributed by atoms with van der Waals surface area (Å²) in [5.74, 6) is 0.482. The summed E-state index contributed by atoms with van der Waals surface area (Å²) in [5.41, 5.74) is 7.34. The lowest BCUT2D eigenvalue weighted by atomic mass is 10.0. The van der Waals surface area contributed by atoms with Gasteiger partial charge in [-0.25, -0.2) is 0 Å². The van der Waals surface area contributed by atoms with Crippen LogP contribution in [0.2, 0.25) is 0 Å². The van der Waals surface area contributed by atoms with Crippen molar-refractivity contribution in [3.8, 4) is 11.5 Å². The van der Waals surface area contributed by atoms with Crippen LogP contribution in [-0.2, 0) is 13.0 Å². The van der Waals surface area contributed by atoms with Gasteiger partial charge in [-0.05, 0) is 118 Å². The lowest BCUT2D eigenvalue weighted by Gasteiger charge is -2.23. The number of anilines is 2. The molecule has 3 aromatic carbocycles. The number of allylic oxidation sites excluding steroid dienone is 1. The number of unbranched alkanes of at least 4 members (excludes halogenated alkanes) is 2. The van der Waals surface area contributed by atoms with E-state index >= 15 is 0 Å². The van der Waals surface area contributed by atoms with Gasteiger partial charge in [-0.1, -0.05) is 98.6 Å². The highest BCUT2D eigenvalue weighted by Gasteiger charge is 2.17. The summed E-state index contributed by atoms with van der Waals surface area (Å²) in [7, 11) is 0. The zero-order valence-electron chi connectivity index (χ0n) is 35.4. The van der Waals surface area contributed by atoms with Crippen LogP contribution in [-0.4, -0.2) is 45.2 Å². The summed E-state index contributed by atoms with van der Waals surface area (Å²) in [6, 6.07) is 17.3. The van der Waals surface area contributed by atoms with Crippen LogP contribution in [0, 0.1) is 25.7 Å². The molecule has 55 heavy (non-hydrogen) atoms. The van der Waals surface area contributed by atoms with Crippen molar-refractivity contribution in [1.29, 1.82) is 0 Å². The normalized spacial score (nSPS) is 12.5. The van der Waals surface area contributed by atoms with Gasteiger partial charge in [0.2, 0.25) is 0 Å². The first-order valence-corrected chi connectivity index (χ1v) is 20.9. The van der Waals surface area contributed by atoms with Gasteiger partial charge in [-0.3, -0.25) is 4.79 Å². The van der Waals surface area contributed by atoms with Crippen LogP contribution in [0.15, 0.2) is 79.7 Å². The molecule has 300 valence electrons. The van der Waals surface area contributed by atoms with Crippen molar-refractivity contribution in [2.75, 3.05) is 29.9 Å². The van der Waals surface area contributed by atoms with Gasteiger partial charge in [-0.2, -0.15) is 0 Å². The number of benzene rings is 3. The number of carbonyl (C=O) groups is 1. The van der Waals surface area contributed by atoms with Gasteiger partial charge in [0.15, 0.2) is 0 Å². The molecule has 1 amide bonds. The van der Waals surface area contributed by atoms with Crippen LogP contribution >= 0.6 is 0 Å². The summed E-state index contributed by atoms with van der Waals surface area (Å²) >= 11 is 0. The number of aromatic hydroxyl groups is 2. The molecule has 0 spiro atoms. The van der Waals surface area contributed by atoms with Gasteiger partial charge in [0, 0.05) is 58.9 Å². The van der Waals surface area contributed by atoms with Crippen LogP contribution in [0.25, 0.3) is 10.9 Å². The molecule has 0 aliphatic heterocycles. The number of amides is 1. The van der Waals surface area contributed by atoms with Gasteiger partial charge in [0.1, 0.15) is 17.2 Å². The van der Waals surface area contributed by atoms with Crippen molar-refractivity contribution in [1.82, 2.24) is 9.47 Å². The molecule has 7 heteroatoms. The molecule has 3 N–H and O–H groups in total. The zero-order chi connectivity index (χ0) is 40.5. The summed E-state index contributed by atoms with van der Waals surface area (Å²) in [6.45, 7) is 28.1. The number of nitrogens with one attached hydrogen (secondary N) is 1. The second kappa shape index (κ2) is 22.8. The molecule has 0 saturated heterocycles. The van der Waals surface area contributed by atoms with Gasteiger partial charge in [-0.15, -0.1) is 0 Å². The molecule has 0 bridgehead atoms. The molecule has 0 aliphatic carbocycles. The van der Waals surface area contributed by atoms with E-state index in [0.717, 1.165) is 30.9 Å². The maximum absolute atomic E-state index is 13.1. The predicted octanol–water partition coefficient (Wildman–Crippen LogP) is 12.4. The van der Waals surface area contributed by atoms with E-state index in [1.165, 1.54) is 104 Å². The molecule has 0 radical (unpaired) electrons. The van der Waals surface area contributed by atoms with Crippen molar-refractivity contribution in [2.45, 2.75) is 120 Å². The average Bonchev–Trinajstić information content (AvgIpc) is 3.42. The first-order chi connectivity index (χ1) is 26.5. The van der Waals surface area contributed by atoms with Crippen molar-refractivity contribution in [2.24, 2.45) is 11.8 Å². The minimum absolute atomic E-state index is 0.167. The van der Waals surface area contributed by atoms with E-state index in [1.54, 1.807) is 11.1 Å². The highest BCUT2D eigenvalue weighted by molar-refractivity contribution is 6.04. The standard InChI is InChI=1S/C46H64N4O3.C2H6/c1-9-24-48(27-22-33(5)10-2)25-14-13-15-26-50-36(8)35(7)41-30-38(18-21-42(41)50)29-37-16-19-39(20-17-37)46(53)47-40-31-43(51)45(44(52)32-40)49(12-4)28-23-34(6)11-3;1-2/h12,16-21,23,28,30-34,51-52H,4,9-11,13-15,22,24-27,29H2,1-3,5-8H3,(H,47,53);1-2H3/b28-23-;. The van der Waals surface area contributed by atoms with Gasteiger partial charge < -0.3 is 29.9 Å². The Morgan fingerprint density at radius 1 is 0.873 bits per heavy atom. The fourth-order valence-electron chi connectivity index (χ4n) is 6.89. The Morgan fingerprint density at radius 2 is 1.55 bits per heavy atom. The number of carbonyl (C=O) groups excluding carboxylic acids is 1. The highest BCUT2D eigenvalue weighted by Crippen LogP contribution is 2.40. The van der Waals surface area contributed by atoms with Gasteiger partial charge in [0.05, 0.1) is 0 Å². The Morgan fingerprint density at radius 3 is 2.16 bits per heavy atom. The zero-order valence-corrected chi connectivity index (χ0v) is 35.4. The average molecular weight is 751 g/mol. The van der Waals surface area contributed by atoms with E-state index in [2.05, 4.69) is 88.0 Å². The number of aryl methyl sites for hydroxylation is 2. The highest BCUT2D eigenvalue weighted by atomic mass is 16.3. The number of fused-ring (bicyclic) bond motifs is 1. The molecule has 7 nitrogen and oxygen atoms in total. The lowest BCUT2D eigenvalue weighted by molar-refractivity contribution is 0.102. The van der Waals surface area contributed by atoms with Crippen LogP contribution < -0.4 is 10.2 Å². The molecule has 0 fully saturated rings. The minimum atomic E-state index is -0.325. The SMILES string of the molecule is C=CN(/C=C\C(C)CC)c1c(O)cc(NC(=O)c2ccc(Cc3ccc4c(c3)c(C)c(C)n4CCCCCN(CCC)CCC(C)CC)cc2)cc1O.CC. The van der Waals surface area contributed by atoms with E-state index in [4.69, 9.17) is 0 Å². The van der Waals surface area contributed by atoms with Crippen molar-refractivity contribution >= 4 is 28.2 Å². The Hall–Kier alpha value is -4.49. The van der Waals surface area contributed by atoms with Crippen LogP contribution in [0.1, 0.15) is 126 Å². The summed E-state index contributed by atoms with van der Waals surface area (Å²) in [6.07, 6.45) is 14.5. The number of phenolic OH excluding ortho intramolecular Hbond substituents is 2. The van der Waals surface area contributed by atoms with E-state index in [1.807, 2.05) is 44.2 Å². The predicted molar refractivity (Wildman–Crippen MR) is 236 cm³/mol.